The number of piperazine rings is 1. The quantitative estimate of drug-likeness (QED) is 0.220. The Morgan fingerprint density at radius 1 is 0.880 bits per heavy atom. The molecule has 8 nitrogen and oxygen atoms in total. The van der Waals surface area contributed by atoms with Crippen molar-refractivity contribution in [1.82, 2.24) is 29.5 Å². The van der Waals surface area contributed by atoms with Gasteiger partial charge in [-0.2, -0.15) is 0 Å². The third-order valence-corrected chi connectivity index (χ3v) is 11.3. The van der Waals surface area contributed by atoms with E-state index in [4.69, 9.17) is 0 Å². The van der Waals surface area contributed by atoms with Crippen LogP contribution in [0.25, 0.3) is 10.9 Å². The predicted molar refractivity (Wildman–Crippen MR) is 202 cm³/mol. The topological polar surface area (TPSA) is 71.7 Å². The first-order chi connectivity index (χ1) is 24.3. The summed E-state index contributed by atoms with van der Waals surface area (Å²) in [6, 6.07) is 29.4. The van der Waals surface area contributed by atoms with Gasteiger partial charge in [-0.3, -0.25) is 9.69 Å². The zero-order valence-corrected chi connectivity index (χ0v) is 29.8. The molecule has 0 radical (unpaired) electrons. The SMILES string of the molecule is Cc1[nH]c2ccccc2c1CC(=O)N1CCN(C2=C(\NC3CCN(Cc4ccccc4)CC3)C(=O)[N+](C)(c3ccccc3)C(C)C\C=C\2)CC1. The van der Waals surface area contributed by atoms with Gasteiger partial charge in [0.25, 0.3) is 0 Å². The molecule has 50 heavy (non-hydrogen) atoms. The van der Waals surface area contributed by atoms with E-state index in [0.717, 1.165) is 72.4 Å². The Balaban J connectivity index is 1.12. The minimum atomic E-state index is 0.0645. The molecule has 4 heterocycles. The number of carbonyl (C=O) groups excluding carboxylic acids is 2. The van der Waals surface area contributed by atoms with E-state index in [0.29, 0.717) is 38.3 Å². The van der Waals surface area contributed by atoms with Crippen molar-refractivity contribution in [3.05, 3.63) is 125 Å². The van der Waals surface area contributed by atoms with Crippen molar-refractivity contribution in [2.45, 2.75) is 58.2 Å². The molecule has 0 aliphatic carbocycles. The van der Waals surface area contributed by atoms with Crippen LogP contribution in [-0.2, 0) is 22.6 Å². The fourth-order valence-electron chi connectivity index (χ4n) is 8.02. The van der Waals surface area contributed by atoms with Crippen LogP contribution in [0, 0.1) is 6.92 Å². The van der Waals surface area contributed by atoms with Crippen molar-refractivity contribution in [1.29, 1.82) is 0 Å². The fraction of sp³-hybridized carbons (Fsp3) is 0.381. The number of para-hydroxylation sites is 2. The highest BCUT2D eigenvalue weighted by Crippen LogP contribution is 2.32. The number of allylic oxidation sites excluding steroid dienone is 1. The molecule has 3 aliphatic rings. The monoisotopic (exact) mass is 671 g/mol. The molecule has 260 valence electrons. The number of piperidine rings is 1. The first kappa shape index (κ1) is 33.8. The van der Waals surface area contributed by atoms with Crippen molar-refractivity contribution in [2.75, 3.05) is 46.3 Å². The van der Waals surface area contributed by atoms with Gasteiger partial charge in [-0.05, 0) is 62.1 Å². The summed E-state index contributed by atoms with van der Waals surface area (Å²) in [7, 11) is 2.08. The van der Waals surface area contributed by atoms with E-state index in [1.807, 2.05) is 35.2 Å². The molecule has 0 bridgehead atoms. The number of amides is 2. The molecule has 2 fully saturated rings. The maximum Gasteiger partial charge on any atom is 0.369 e. The number of likely N-dealkylation sites (N-methyl/N-ethyl adjacent to an activating group) is 1. The van der Waals surface area contributed by atoms with Crippen molar-refractivity contribution in [3.63, 3.8) is 0 Å². The van der Waals surface area contributed by atoms with Crippen LogP contribution in [0.4, 0.5) is 5.69 Å². The van der Waals surface area contributed by atoms with E-state index in [9.17, 15) is 4.79 Å². The summed E-state index contributed by atoms with van der Waals surface area (Å²) >= 11 is 0. The van der Waals surface area contributed by atoms with Gasteiger partial charge in [0.1, 0.15) is 11.7 Å². The lowest BCUT2D eigenvalue weighted by Gasteiger charge is -2.42. The number of likely N-dealkylation sites (tertiary alicyclic amines) is 1. The molecule has 8 heteroatoms. The van der Waals surface area contributed by atoms with Gasteiger partial charge in [0, 0.05) is 74.9 Å². The molecule has 2 amide bonds. The Labute approximate surface area is 296 Å². The van der Waals surface area contributed by atoms with E-state index in [2.05, 4.69) is 108 Å². The van der Waals surface area contributed by atoms with Crippen molar-refractivity contribution in [3.8, 4) is 0 Å². The van der Waals surface area contributed by atoms with Crippen molar-refractivity contribution < 1.29 is 9.59 Å². The highest BCUT2D eigenvalue weighted by atomic mass is 16.2. The molecule has 2 saturated heterocycles. The molecule has 3 aromatic carbocycles. The van der Waals surface area contributed by atoms with E-state index in [-0.39, 0.29) is 28.4 Å². The van der Waals surface area contributed by atoms with Crippen LogP contribution >= 0.6 is 0 Å². The molecule has 3 aliphatic heterocycles. The summed E-state index contributed by atoms with van der Waals surface area (Å²) in [5.74, 6) is 0.251. The largest absolute Gasteiger partial charge is 0.373 e. The second-order valence-corrected chi connectivity index (χ2v) is 14.5. The highest BCUT2D eigenvalue weighted by Gasteiger charge is 2.44. The maximum atomic E-state index is 15.1. The Morgan fingerprint density at radius 3 is 2.26 bits per heavy atom. The van der Waals surface area contributed by atoms with Crippen molar-refractivity contribution >= 4 is 28.4 Å². The summed E-state index contributed by atoms with van der Waals surface area (Å²) in [6.45, 7) is 9.75. The van der Waals surface area contributed by atoms with Gasteiger partial charge in [-0.15, -0.1) is 0 Å². The van der Waals surface area contributed by atoms with Gasteiger partial charge < -0.3 is 20.1 Å². The van der Waals surface area contributed by atoms with Crippen LogP contribution in [0.5, 0.6) is 0 Å². The number of aromatic nitrogens is 1. The number of H-pyrrole nitrogens is 1. The molecule has 2 N–H and O–H groups in total. The number of fused-ring (bicyclic) bond motifs is 1. The Bertz CT molecular complexity index is 1870. The smallest absolute Gasteiger partial charge is 0.369 e. The summed E-state index contributed by atoms with van der Waals surface area (Å²) in [6.07, 6.45) is 7.53. The molecular weight excluding hydrogens is 621 g/mol. The molecule has 2 atom stereocenters. The number of aromatic amines is 1. The maximum absolute atomic E-state index is 15.1. The molecular formula is C42H51N6O2+. The number of aryl methyl sites for hydroxylation is 1. The summed E-state index contributed by atoms with van der Waals surface area (Å²) in [5.41, 5.74) is 7.20. The molecule has 1 aromatic heterocycles. The van der Waals surface area contributed by atoms with Gasteiger partial charge in [-0.25, -0.2) is 9.28 Å². The van der Waals surface area contributed by atoms with Gasteiger partial charge >= 0.3 is 5.91 Å². The van der Waals surface area contributed by atoms with Crippen LogP contribution in [0.3, 0.4) is 0 Å². The molecule has 2 unspecified atom stereocenters. The lowest BCUT2D eigenvalue weighted by atomic mass is 10.00. The van der Waals surface area contributed by atoms with Crippen LogP contribution in [0.15, 0.2) is 108 Å². The zero-order valence-electron chi connectivity index (χ0n) is 29.8. The van der Waals surface area contributed by atoms with Crippen LogP contribution < -0.4 is 9.80 Å². The molecule has 0 saturated carbocycles. The third kappa shape index (κ3) is 6.87. The number of hydrogen-bond acceptors (Lipinski definition) is 5. The first-order valence-corrected chi connectivity index (χ1v) is 18.3. The van der Waals surface area contributed by atoms with E-state index in [1.165, 1.54) is 5.56 Å². The van der Waals surface area contributed by atoms with E-state index >= 15 is 4.79 Å². The number of nitrogens with zero attached hydrogens (tertiary/aromatic N) is 4. The number of carbonyl (C=O) groups is 2. The lowest BCUT2D eigenvalue weighted by molar-refractivity contribution is -0.132. The summed E-state index contributed by atoms with van der Waals surface area (Å²) < 4.78 is 0.201. The van der Waals surface area contributed by atoms with E-state index < -0.39 is 0 Å². The highest BCUT2D eigenvalue weighted by molar-refractivity contribution is 6.02. The summed E-state index contributed by atoms with van der Waals surface area (Å²) in [4.78, 5) is 39.0. The lowest BCUT2D eigenvalue weighted by Crippen LogP contribution is -2.60. The van der Waals surface area contributed by atoms with Gasteiger partial charge in [-0.1, -0.05) is 72.8 Å². The minimum absolute atomic E-state index is 0.0645. The Kier molecular flexibility index (Phi) is 9.92. The number of quaternary nitrogens is 1. The van der Waals surface area contributed by atoms with Crippen LogP contribution in [0.1, 0.15) is 43.0 Å². The van der Waals surface area contributed by atoms with E-state index in [1.54, 1.807) is 0 Å². The molecule has 4 aromatic rings. The predicted octanol–water partition coefficient (Wildman–Crippen LogP) is 6.14. The number of rotatable bonds is 8. The second-order valence-electron chi connectivity index (χ2n) is 14.5. The number of nitrogens with one attached hydrogen (secondary N) is 2. The normalized spacial score (nSPS) is 24.6. The summed E-state index contributed by atoms with van der Waals surface area (Å²) in [5, 5.41) is 4.97. The second kappa shape index (κ2) is 14.7. The van der Waals surface area contributed by atoms with Gasteiger partial charge in [0.15, 0.2) is 5.70 Å². The minimum Gasteiger partial charge on any atom is -0.373 e. The van der Waals surface area contributed by atoms with Gasteiger partial charge in [0.2, 0.25) is 5.91 Å². The van der Waals surface area contributed by atoms with Crippen molar-refractivity contribution in [2.24, 2.45) is 0 Å². The Morgan fingerprint density at radius 2 is 1.54 bits per heavy atom. The molecule has 7 rings (SSSR count). The average molecular weight is 672 g/mol. The standard InChI is InChI=1S/C42H51N6O2/c1-31-13-12-20-39(46-25-27-47(28-26-46)40(49)29-37-32(2)43-38-19-11-10-18-36(37)38)41(42(50)48(31,3)35-16-8-5-9-17-35)44-34-21-23-45(24-22-34)30-33-14-6-4-7-15-33/h4-12,14-20,31,34,43-44H,13,21-30H2,1-3H3/q+1/b20-12+,41-39-. The third-order valence-electron chi connectivity index (χ3n) is 11.3. The zero-order chi connectivity index (χ0) is 34.7. The first-order valence-electron chi connectivity index (χ1n) is 18.3. The fourth-order valence-corrected chi connectivity index (χ4v) is 8.02. The Hall–Kier alpha value is -4.66. The number of hydrogen-bond donors (Lipinski definition) is 2. The molecule has 0 spiro atoms. The van der Waals surface area contributed by atoms with Gasteiger partial charge in [0.05, 0.1) is 19.2 Å². The van der Waals surface area contributed by atoms with Crippen LogP contribution in [0.2, 0.25) is 0 Å². The average Bonchev–Trinajstić information content (AvgIpc) is 3.47. The number of benzene rings is 3. The van der Waals surface area contributed by atoms with Crippen LogP contribution in [-0.4, -0.2) is 89.9 Å².